The van der Waals surface area contributed by atoms with Gasteiger partial charge in [-0.15, -0.1) is 0 Å². The van der Waals surface area contributed by atoms with E-state index in [0.717, 1.165) is 37.2 Å². The van der Waals surface area contributed by atoms with Gasteiger partial charge in [0.2, 0.25) is 0 Å². The van der Waals surface area contributed by atoms with Crippen molar-refractivity contribution in [3.63, 3.8) is 0 Å². The van der Waals surface area contributed by atoms with Gasteiger partial charge in [-0.05, 0) is 36.6 Å². The monoisotopic (exact) mass is 324 g/mol. The molecule has 0 radical (unpaired) electrons. The van der Waals surface area contributed by atoms with Crippen molar-refractivity contribution in [1.82, 2.24) is 10.2 Å². The zero-order chi connectivity index (χ0) is 16.9. The van der Waals surface area contributed by atoms with Crippen LogP contribution in [-0.2, 0) is 13.1 Å². The highest BCUT2D eigenvalue weighted by molar-refractivity contribution is 5.94. The summed E-state index contributed by atoms with van der Waals surface area (Å²) in [4.78, 5) is 14.6. The van der Waals surface area contributed by atoms with Crippen LogP contribution in [0.15, 0.2) is 48.5 Å². The van der Waals surface area contributed by atoms with Crippen molar-refractivity contribution >= 4 is 5.91 Å². The van der Waals surface area contributed by atoms with E-state index in [2.05, 4.69) is 22.3 Å². The van der Waals surface area contributed by atoms with Gasteiger partial charge in [0.15, 0.2) is 0 Å². The first kappa shape index (κ1) is 16.7. The van der Waals surface area contributed by atoms with Gasteiger partial charge in [-0.2, -0.15) is 0 Å². The second-order valence-corrected chi connectivity index (χ2v) is 6.50. The van der Waals surface area contributed by atoms with Crippen molar-refractivity contribution in [2.24, 2.45) is 0 Å². The third-order valence-corrected chi connectivity index (χ3v) is 4.48. The number of hydrogen-bond donors (Lipinski definition) is 2. The highest BCUT2D eigenvalue weighted by Crippen LogP contribution is 2.16. The average Bonchev–Trinajstić information content (AvgIpc) is 2.99. The lowest BCUT2D eigenvalue weighted by Crippen LogP contribution is -2.25. The van der Waals surface area contributed by atoms with E-state index < -0.39 is 0 Å². The quantitative estimate of drug-likeness (QED) is 0.888. The van der Waals surface area contributed by atoms with E-state index in [9.17, 15) is 9.90 Å². The number of benzene rings is 2. The Morgan fingerprint density at radius 2 is 2.00 bits per heavy atom. The number of hydrogen-bond acceptors (Lipinski definition) is 3. The van der Waals surface area contributed by atoms with Crippen LogP contribution < -0.4 is 5.32 Å². The predicted octanol–water partition coefficient (Wildman–Crippen LogP) is 2.49. The fourth-order valence-electron chi connectivity index (χ4n) is 3.14. The van der Waals surface area contributed by atoms with Gasteiger partial charge in [0.1, 0.15) is 0 Å². The summed E-state index contributed by atoms with van der Waals surface area (Å²) < 4.78 is 0. The van der Waals surface area contributed by atoms with Gasteiger partial charge in [-0.1, -0.05) is 42.0 Å². The molecule has 4 nitrogen and oxygen atoms in total. The van der Waals surface area contributed by atoms with Gasteiger partial charge in [-0.3, -0.25) is 9.69 Å². The van der Waals surface area contributed by atoms with Crippen molar-refractivity contribution < 1.29 is 9.90 Å². The molecule has 2 aromatic rings. The molecule has 24 heavy (non-hydrogen) atoms. The van der Waals surface area contributed by atoms with Crippen LogP contribution in [0.2, 0.25) is 0 Å². The Bertz CT molecular complexity index is 714. The maximum atomic E-state index is 12.3. The molecule has 0 spiro atoms. The van der Waals surface area contributed by atoms with E-state index in [-0.39, 0.29) is 12.0 Å². The van der Waals surface area contributed by atoms with Gasteiger partial charge in [0.05, 0.1) is 6.10 Å². The number of nitrogens with one attached hydrogen (secondary N) is 1. The van der Waals surface area contributed by atoms with E-state index in [0.29, 0.717) is 12.1 Å². The minimum atomic E-state index is -0.210. The van der Waals surface area contributed by atoms with E-state index in [1.807, 2.05) is 43.3 Å². The molecule has 1 saturated heterocycles. The maximum absolute atomic E-state index is 12.3. The Kier molecular flexibility index (Phi) is 5.28. The molecule has 4 heteroatoms. The van der Waals surface area contributed by atoms with Gasteiger partial charge < -0.3 is 10.4 Å². The third-order valence-electron chi connectivity index (χ3n) is 4.48. The summed E-state index contributed by atoms with van der Waals surface area (Å²) in [6.45, 7) is 4.96. The van der Waals surface area contributed by atoms with Gasteiger partial charge in [-0.25, -0.2) is 0 Å². The first-order chi connectivity index (χ1) is 11.6. The summed E-state index contributed by atoms with van der Waals surface area (Å²) in [6, 6.07) is 15.8. The summed E-state index contributed by atoms with van der Waals surface area (Å²) in [7, 11) is 0. The van der Waals surface area contributed by atoms with Crippen molar-refractivity contribution in [1.29, 1.82) is 0 Å². The molecule has 0 saturated carbocycles. The second-order valence-electron chi connectivity index (χ2n) is 6.50. The summed E-state index contributed by atoms with van der Waals surface area (Å²) in [6.07, 6.45) is 0.630. The van der Waals surface area contributed by atoms with E-state index >= 15 is 0 Å². The molecule has 0 unspecified atom stereocenters. The van der Waals surface area contributed by atoms with Crippen LogP contribution >= 0.6 is 0 Å². The number of amides is 1. The SMILES string of the molecule is Cc1cccc(C(=O)NCc2ccccc2CN2CC[C@@H](O)C2)c1. The van der Waals surface area contributed by atoms with Crippen molar-refractivity contribution in [2.75, 3.05) is 13.1 Å². The fourth-order valence-corrected chi connectivity index (χ4v) is 3.14. The first-order valence-corrected chi connectivity index (χ1v) is 8.44. The predicted molar refractivity (Wildman–Crippen MR) is 94.7 cm³/mol. The van der Waals surface area contributed by atoms with Crippen LogP contribution in [0.25, 0.3) is 0 Å². The van der Waals surface area contributed by atoms with E-state index in [4.69, 9.17) is 0 Å². The van der Waals surface area contributed by atoms with Gasteiger partial charge >= 0.3 is 0 Å². The highest BCUT2D eigenvalue weighted by Gasteiger charge is 2.20. The number of carbonyl (C=O) groups is 1. The molecule has 0 aromatic heterocycles. The molecule has 2 N–H and O–H groups in total. The van der Waals surface area contributed by atoms with Gasteiger partial charge in [0, 0.05) is 31.7 Å². The summed E-state index contributed by atoms with van der Waals surface area (Å²) in [5, 5.41) is 12.7. The van der Waals surface area contributed by atoms with Crippen LogP contribution in [-0.4, -0.2) is 35.1 Å². The Hall–Kier alpha value is -2.17. The Morgan fingerprint density at radius 1 is 1.21 bits per heavy atom. The first-order valence-electron chi connectivity index (χ1n) is 8.44. The molecular weight excluding hydrogens is 300 g/mol. The summed E-state index contributed by atoms with van der Waals surface area (Å²) in [5.41, 5.74) is 4.10. The molecule has 2 aromatic carbocycles. The van der Waals surface area contributed by atoms with Gasteiger partial charge in [0.25, 0.3) is 5.91 Å². The van der Waals surface area contributed by atoms with Crippen molar-refractivity contribution in [3.05, 3.63) is 70.8 Å². The Labute approximate surface area is 143 Å². The number of likely N-dealkylation sites (tertiary alicyclic amines) is 1. The smallest absolute Gasteiger partial charge is 0.251 e. The molecule has 1 aliphatic rings. The number of nitrogens with zero attached hydrogens (tertiary/aromatic N) is 1. The lowest BCUT2D eigenvalue weighted by molar-refractivity contribution is 0.0950. The highest BCUT2D eigenvalue weighted by atomic mass is 16.3. The number of carbonyl (C=O) groups excluding carboxylic acids is 1. The van der Waals surface area contributed by atoms with Crippen LogP contribution in [0.4, 0.5) is 0 Å². The standard InChI is InChI=1S/C20H24N2O2/c1-15-5-4-8-16(11-15)20(24)21-12-17-6-2-3-7-18(17)13-22-10-9-19(23)14-22/h2-8,11,19,23H,9-10,12-14H2,1H3,(H,21,24)/t19-/m1/s1. The molecule has 3 rings (SSSR count). The molecule has 1 atom stereocenters. The molecule has 0 aliphatic carbocycles. The summed E-state index contributed by atoms with van der Waals surface area (Å²) in [5.74, 6) is -0.0508. The third kappa shape index (κ3) is 4.22. The fraction of sp³-hybridized carbons (Fsp3) is 0.350. The molecule has 1 amide bonds. The van der Waals surface area contributed by atoms with Crippen LogP contribution in [0.1, 0.15) is 33.5 Å². The lowest BCUT2D eigenvalue weighted by Gasteiger charge is -2.18. The molecular formula is C20H24N2O2. The number of aliphatic hydroxyl groups excluding tert-OH is 1. The molecule has 1 heterocycles. The van der Waals surface area contributed by atoms with E-state index in [1.165, 1.54) is 5.56 Å². The largest absolute Gasteiger partial charge is 0.392 e. The number of aliphatic hydroxyl groups is 1. The average molecular weight is 324 g/mol. The van der Waals surface area contributed by atoms with Crippen molar-refractivity contribution in [2.45, 2.75) is 32.5 Å². The number of β-amino-alcohol motifs (C(OH)–C–C–N with tert-alkyl or cyclic N) is 1. The van der Waals surface area contributed by atoms with Crippen molar-refractivity contribution in [3.8, 4) is 0 Å². The molecule has 0 bridgehead atoms. The zero-order valence-electron chi connectivity index (χ0n) is 14.0. The Morgan fingerprint density at radius 3 is 2.71 bits per heavy atom. The minimum Gasteiger partial charge on any atom is -0.392 e. The maximum Gasteiger partial charge on any atom is 0.251 e. The second kappa shape index (κ2) is 7.60. The zero-order valence-corrected chi connectivity index (χ0v) is 14.0. The molecule has 1 fully saturated rings. The molecule has 1 aliphatic heterocycles. The topological polar surface area (TPSA) is 52.6 Å². The Balaban J connectivity index is 1.64. The normalized spacial score (nSPS) is 17.8. The number of rotatable bonds is 5. The summed E-state index contributed by atoms with van der Waals surface area (Å²) >= 11 is 0. The van der Waals surface area contributed by atoms with Crippen LogP contribution in [0.3, 0.4) is 0 Å². The number of aryl methyl sites for hydroxylation is 1. The minimum absolute atomic E-state index is 0.0508. The lowest BCUT2D eigenvalue weighted by atomic mass is 10.1. The van der Waals surface area contributed by atoms with Crippen LogP contribution in [0.5, 0.6) is 0 Å². The van der Waals surface area contributed by atoms with E-state index in [1.54, 1.807) is 0 Å². The van der Waals surface area contributed by atoms with Crippen LogP contribution in [0, 0.1) is 6.92 Å². The molecule has 126 valence electrons.